The van der Waals surface area contributed by atoms with Crippen molar-refractivity contribution in [2.75, 3.05) is 25.2 Å². The Labute approximate surface area is 102 Å². The number of carbonyl (C=O) groups excluding carboxylic acids is 1. The quantitative estimate of drug-likeness (QED) is 0.749. The number of carbonyl (C=O) groups is 1. The van der Waals surface area contributed by atoms with Gasteiger partial charge in [0, 0.05) is 19.2 Å². The molecule has 0 bridgehead atoms. The molecule has 2 aliphatic rings. The van der Waals surface area contributed by atoms with E-state index in [2.05, 4.69) is 0 Å². The van der Waals surface area contributed by atoms with Crippen LogP contribution in [0.5, 0.6) is 0 Å². The lowest BCUT2D eigenvalue weighted by molar-refractivity contribution is -0.198. The Morgan fingerprint density at radius 3 is 2.53 bits per heavy atom. The summed E-state index contributed by atoms with van der Waals surface area (Å²) in [4.78, 5) is 17.2. The van der Waals surface area contributed by atoms with Crippen LogP contribution in [0.3, 0.4) is 0 Å². The van der Waals surface area contributed by atoms with Crippen molar-refractivity contribution < 1.29 is 18.0 Å². The Kier molecular flexibility index (Phi) is 3.45. The van der Waals surface area contributed by atoms with E-state index in [0.29, 0.717) is 19.6 Å². The topological polar surface area (TPSA) is 63.7 Å². The summed E-state index contributed by atoms with van der Waals surface area (Å²) in [5.74, 6) is 0.0606. The van der Waals surface area contributed by atoms with E-state index in [-0.39, 0.29) is 17.1 Å². The summed E-state index contributed by atoms with van der Waals surface area (Å²) in [6, 6.07) is 0. The van der Waals surface area contributed by atoms with Crippen LogP contribution in [-0.2, 0) is 19.5 Å². The molecule has 0 unspecified atom stereocenters. The largest absolute Gasteiger partial charge is 0.273 e. The Hall–Kier alpha value is -0.620. The lowest BCUT2D eigenvalue weighted by atomic mass is 10.0. The summed E-state index contributed by atoms with van der Waals surface area (Å²) >= 11 is 0. The van der Waals surface area contributed by atoms with E-state index in [9.17, 15) is 13.2 Å². The fraction of sp³-hybridized carbons (Fsp3) is 0.909. The summed E-state index contributed by atoms with van der Waals surface area (Å²) < 4.78 is 22.6. The van der Waals surface area contributed by atoms with Crippen LogP contribution in [0, 0.1) is 5.41 Å². The minimum Gasteiger partial charge on any atom is -0.273 e. The van der Waals surface area contributed by atoms with Crippen molar-refractivity contribution in [2.45, 2.75) is 32.1 Å². The van der Waals surface area contributed by atoms with Crippen molar-refractivity contribution in [3.63, 3.8) is 0 Å². The second-order valence-corrected chi connectivity index (χ2v) is 7.42. The average molecular weight is 261 g/mol. The minimum absolute atomic E-state index is 0.0640. The van der Waals surface area contributed by atoms with E-state index in [1.165, 1.54) is 11.3 Å². The highest BCUT2D eigenvalue weighted by Gasteiger charge is 2.47. The van der Waals surface area contributed by atoms with Gasteiger partial charge in [0.25, 0.3) is 0 Å². The van der Waals surface area contributed by atoms with Gasteiger partial charge < -0.3 is 0 Å². The highest BCUT2D eigenvalue weighted by molar-refractivity contribution is 7.90. The van der Waals surface area contributed by atoms with Crippen LogP contribution < -0.4 is 0 Å². The molecule has 6 heteroatoms. The van der Waals surface area contributed by atoms with Crippen molar-refractivity contribution >= 4 is 15.7 Å². The van der Waals surface area contributed by atoms with Crippen LogP contribution in [-0.4, -0.2) is 44.5 Å². The molecule has 0 N–H and O–H groups in total. The van der Waals surface area contributed by atoms with Crippen LogP contribution in [0.1, 0.15) is 32.1 Å². The third-order valence-electron chi connectivity index (χ3n) is 3.33. The highest BCUT2D eigenvalue weighted by atomic mass is 32.2. The summed E-state index contributed by atoms with van der Waals surface area (Å²) in [5, 5.41) is 1.41. The van der Waals surface area contributed by atoms with E-state index in [1.54, 1.807) is 0 Å². The number of nitrogens with zero attached hydrogens (tertiary/aromatic N) is 1. The zero-order chi connectivity index (χ0) is 12.5. The first-order valence-electron chi connectivity index (χ1n) is 6.01. The van der Waals surface area contributed by atoms with E-state index in [1.807, 2.05) is 0 Å². The van der Waals surface area contributed by atoms with Gasteiger partial charge in [0.2, 0.25) is 5.91 Å². The van der Waals surface area contributed by atoms with Crippen LogP contribution in [0.2, 0.25) is 0 Å². The predicted molar refractivity (Wildman–Crippen MR) is 62.9 cm³/mol. The van der Waals surface area contributed by atoms with Gasteiger partial charge in [-0.05, 0) is 31.1 Å². The van der Waals surface area contributed by atoms with Crippen LogP contribution in [0.4, 0.5) is 0 Å². The normalized spacial score (nSPS) is 23.5. The van der Waals surface area contributed by atoms with Gasteiger partial charge >= 0.3 is 0 Å². The summed E-state index contributed by atoms with van der Waals surface area (Å²) in [6.07, 6.45) is 5.15. The zero-order valence-corrected chi connectivity index (χ0v) is 11.0. The van der Waals surface area contributed by atoms with Crippen molar-refractivity contribution in [1.29, 1.82) is 0 Å². The number of amides is 1. The lowest BCUT2D eigenvalue weighted by Crippen LogP contribution is -2.37. The molecular weight excluding hydrogens is 242 g/mol. The first kappa shape index (κ1) is 12.8. The van der Waals surface area contributed by atoms with Gasteiger partial charge in [-0.3, -0.25) is 9.63 Å². The van der Waals surface area contributed by atoms with Gasteiger partial charge in [-0.25, -0.2) is 13.5 Å². The first-order chi connectivity index (χ1) is 7.90. The fourth-order valence-electron chi connectivity index (χ4n) is 2.31. The number of sulfone groups is 1. The van der Waals surface area contributed by atoms with Crippen LogP contribution in [0.25, 0.3) is 0 Å². The van der Waals surface area contributed by atoms with Gasteiger partial charge in [0.15, 0.2) is 0 Å². The maximum atomic E-state index is 11.9. The van der Waals surface area contributed by atoms with Gasteiger partial charge in [-0.2, -0.15) is 0 Å². The van der Waals surface area contributed by atoms with Crippen molar-refractivity contribution in [1.82, 2.24) is 5.06 Å². The molecule has 0 aromatic heterocycles. The molecule has 0 aromatic rings. The third-order valence-corrected chi connectivity index (χ3v) is 4.47. The van der Waals surface area contributed by atoms with Crippen molar-refractivity contribution in [2.24, 2.45) is 5.41 Å². The fourth-order valence-corrected chi connectivity index (χ4v) is 3.81. The first-order valence-corrected chi connectivity index (χ1v) is 8.07. The zero-order valence-electron chi connectivity index (χ0n) is 10.1. The molecule has 1 saturated carbocycles. The number of hydrogen-bond acceptors (Lipinski definition) is 4. The molecule has 1 aliphatic heterocycles. The Morgan fingerprint density at radius 1 is 1.35 bits per heavy atom. The maximum absolute atomic E-state index is 11.9. The molecular formula is C11H19NO4S. The number of hydroxylamine groups is 2. The van der Waals surface area contributed by atoms with E-state index in [4.69, 9.17) is 4.84 Å². The molecule has 0 aromatic carbocycles. The lowest BCUT2D eigenvalue weighted by Gasteiger charge is -2.27. The van der Waals surface area contributed by atoms with Gasteiger partial charge in [0.1, 0.15) is 9.84 Å². The molecule has 2 rings (SSSR count). The second-order valence-electron chi connectivity index (χ2n) is 5.28. The molecule has 1 aliphatic carbocycles. The number of hydrogen-bond donors (Lipinski definition) is 0. The molecule has 1 heterocycles. The molecule has 1 amide bonds. The minimum atomic E-state index is -3.01. The Bertz CT molecular complexity index is 394. The summed E-state index contributed by atoms with van der Waals surface area (Å²) in [6.45, 7) is 1.22. The monoisotopic (exact) mass is 261 g/mol. The highest BCUT2D eigenvalue weighted by Crippen LogP contribution is 2.50. The number of rotatable bonds is 4. The molecule has 98 valence electrons. The average Bonchev–Trinajstić information content (AvgIpc) is 2.96. The van der Waals surface area contributed by atoms with Gasteiger partial charge in [0.05, 0.1) is 12.4 Å². The SMILES string of the molecule is CS(=O)(=O)CC1(CC(=O)N2CCCCO2)CC1. The molecule has 2 fully saturated rings. The van der Waals surface area contributed by atoms with Crippen LogP contribution >= 0.6 is 0 Å². The molecule has 17 heavy (non-hydrogen) atoms. The third kappa shape index (κ3) is 3.67. The van der Waals surface area contributed by atoms with Crippen LogP contribution in [0.15, 0.2) is 0 Å². The standard InChI is InChI=1S/C11H19NO4S/c1-17(14,15)9-11(4-5-11)8-10(13)12-6-2-3-7-16-12/h2-9H2,1H3. The smallest absolute Gasteiger partial charge is 0.246 e. The Balaban J connectivity index is 1.89. The van der Waals surface area contributed by atoms with E-state index < -0.39 is 9.84 Å². The summed E-state index contributed by atoms with van der Waals surface area (Å²) in [5.41, 5.74) is -0.300. The summed E-state index contributed by atoms with van der Waals surface area (Å²) in [7, 11) is -3.01. The van der Waals surface area contributed by atoms with E-state index in [0.717, 1.165) is 25.7 Å². The van der Waals surface area contributed by atoms with Gasteiger partial charge in [-0.1, -0.05) is 0 Å². The molecule has 0 spiro atoms. The molecule has 5 nitrogen and oxygen atoms in total. The predicted octanol–water partition coefficient (Wildman–Crippen LogP) is 0.755. The molecule has 1 saturated heterocycles. The Morgan fingerprint density at radius 2 is 2.06 bits per heavy atom. The molecule has 0 atom stereocenters. The second kappa shape index (κ2) is 4.57. The molecule has 0 radical (unpaired) electrons. The van der Waals surface area contributed by atoms with E-state index >= 15 is 0 Å². The van der Waals surface area contributed by atoms with Crippen molar-refractivity contribution in [3.05, 3.63) is 0 Å². The van der Waals surface area contributed by atoms with Gasteiger partial charge in [-0.15, -0.1) is 0 Å². The maximum Gasteiger partial charge on any atom is 0.246 e. The van der Waals surface area contributed by atoms with Crippen molar-refractivity contribution in [3.8, 4) is 0 Å².